The number of amides is 2. The number of hydrogen-bond acceptors (Lipinski definition) is 5. The number of nitrogens with zero attached hydrogens (tertiary/aromatic N) is 2. The molecule has 2 atom stereocenters. The van der Waals surface area contributed by atoms with Crippen LogP contribution in [0.25, 0.3) is 0 Å². The van der Waals surface area contributed by atoms with Gasteiger partial charge in [0.1, 0.15) is 23.7 Å². The second-order valence-corrected chi connectivity index (χ2v) is 9.03. The van der Waals surface area contributed by atoms with E-state index in [0.29, 0.717) is 42.5 Å². The van der Waals surface area contributed by atoms with Crippen LogP contribution < -0.4 is 15.4 Å². The van der Waals surface area contributed by atoms with E-state index in [1.807, 2.05) is 54.6 Å². The van der Waals surface area contributed by atoms with Gasteiger partial charge in [-0.25, -0.2) is 4.98 Å². The number of carbonyl (C=O) groups excluding carboxylic acids is 2. The van der Waals surface area contributed by atoms with Crippen LogP contribution in [0.15, 0.2) is 72.9 Å². The van der Waals surface area contributed by atoms with Gasteiger partial charge in [0.15, 0.2) is 0 Å². The van der Waals surface area contributed by atoms with Crippen molar-refractivity contribution in [2.75, 3.05) is 25.5 Å². The molecule has 35 heavy (non-hydrogen) atoms. The standard InChI is InChI=1S/C27H29ClN4O3/c1-32-18-23(12-14-25(32)33)35-22-11-13-24(30-17-22)31-27(34)26(20-5-3-2-4-6-20)29-16-15-19-7-9-21(28)10-8-19/h2-11,13,17,23,26,29H,12,14-16,18H2,1H3,(H,30,31,34)/t23-,26+/m1/s1. The van der Waals surface area contributed by atoms with Crippen LogP contribution in [0.1, 0.15) is 30.0 Å². The van der Waals surface area contributed by atoms with Gasteiger partial charge < -0.3 is 20.3 Å². The molecule has 8 heteroatoms. The molecule has 1 aliphatic heterocycles. The van der Waals surface area contributed by atoms with E-state index in [1.54, 1.807) is 30.3 Å². The summed E-state index contributed by atoms with van der Waals surface area (Å²) < 4.78 is 5.96. The van der Waals surface area contributed by atoms with Gasteiger partial charge in [-0.2, -0.15) is 0 Å². The van der Waals surface area contributed by atoms with Crippen molar-refractivity contribution in [2.45, 2.75) is 31.4 Å². The highest BCUT2D eigenvalue weighted by Crippen LogP contribution is 2.20. The lowest BCUT2D eigenvalue weighted by Crippen LogP contribution is -2.42. The second kappa shape index (κ2) is 11.8. The number of piperidine rings is 1. The molecule has 0 aliphatic carbocycles. The van der Waals surface area contributed by atoms with Gasteiger partial charge in [0, 0.05) is 25.0 Å². The van der Waals surface area contributed by atoms with E-state index < -0.39 is 6.04 Å². The molecular formula is C27H29ClN4O3. The van der Waals surface area contributed by atoms with E-state index >= 15 is 0 Å². The quantitative estimate of drug-likeness (QED) is 0.466. The first-order chi connectivity index (χ1) is 17.0. The first-order valence-corrected chi connectivity index (χ1v) is 12.1. The first-order valence-electron chi connectivity index (χ1n) is 11.7. The number of pyridine rings is 1. The van der Waals surface area contributed by atoms with Gasteiger partial charge in [-0.05, 0) is 48.2 Å². The lowest BCUT2D eigenvalue weighted by atomic mass is 10.1. The Hall–Kier alpha value is -3.42. The topological polar surface area (TPSA) is 83.6 Å². The third-order valence-electron chi connectivity index (χ3n) is 5.94. The van der Waals surface area contributed by atoms with Gasteiger partial charge in [-0.15, -0.1) is 0 Å². The summed E-state index contributed by atoms with van der Waals surface area (Å²) in [7, 11) is 1.78. The van der Waals surface area contributed by atoms with Gasteiger partial charge >= 0.3 is 0 Å². The maximum absolute atomic E-state index is 13.2. The Bertz CT molecular complexity index is 1120. The van der Waals surface area contributed by atoms with Crippen molar-refractivity contribution < 1.29 is 14.3 Å². The predicted molar refractivity (Wildman–Crippen MR) is 136 cm³/mol. The highest BCUT2D eigenvalue weighted by atomic mass is 35.5. The first kappa shape index (κ1) is 24.7. The van der Waals surface area contributed by atoms with Crippen LogP contribution in [-0.4, -0.2) is 47.9 Å². The molecule has 1 fully saturated rings. The Balaban J connectivity index is 1.36. The maximum atomic E-state index is 13.2. The Morgan fingerprint density at radius 2 is 1.91 bits per heavy atom. The molecule has 3 aromatic rings. The maximum Gasteiger partial charge on any atom is 0.247 e. The number of nitrogens with one attached hydrogen (secondary N) is 2. The largest absolute Gasteiger partial charge is 0.487 e. The molecule has 182 valence electrons. The Kier molecular flexibility index (Phi) is 8.34. The van der Waals surface area contributed by atoms with Gasteiger partial charge in [0.05, 0.1) is 12.7 Å². The van der Waals surface area contributed by atoms with E-state index in [4.69, 9.17) is 16.3 Å². The van der Waals surface area contributed by atoms with Crippen LogP contribution in [0.5, 0.6) is 5.75 Å². The number of likely N-dealkylation sites (N-methyl/N-ethyl adjacent to an activating group) is 1. The van der Waals surface area contributed by atoms with Crippen LogP contribution in [0, 0.1) is 0 Å². The monoisotopic (exact) mass is 492 g/mol. The van der Waals surface area contributed by atoms with Crippen molar-refractivity contribution in [1.82, 2.24) is 15.2 Å². The third kappa shape index (κ3) is 7.04. The Morgan fingerprint density at radius 1 is 1.14 bits per heavy atom. The molecule has 2 heterocycles. The van der Waals surface area contributed by atoms with E-state index in [9.17, 15) is 9.59 Å². The normalized spacial score (nSPS) is 16.6. The number of aromatic nitrogens is 1. The van der Waals surface area contributed by atoms with Crippen LogP contribution in [-0.2, 0) is 16.0 Å². The van der Waals surface area contributed by atoms with Gasteiger partial charge in [0.2, 0.25) is 11.8 Å². The predicted octanol–water partition coefficient (Wildman–Crippen LogP) is 4.25. The summed E-state index contributed by atoms with van der Waals surface area (Å²) in [6.07, 6.45) is 3.46. The van der Waals surface area contributed by atoms with Crippen molar-refractivity contribution in [1.29, 1.82) is 0 Å². The number of hydrogen-bond donors (Lipinski definition) is 2. The number of halogens is 1. The van der Waals surface area contributed by atoms with Crippen LogP contribution in [0.2, 0.25) is 5.02 Å². The molecule has 1 aliphatic rings. The van der Waals surface area contributed by atoms with E-state index in [0.717, 1.165) is 17.5 Å². The smallest absolute Gasteiger partial charge is 0.247 e. The molecule has 1 aromatic heterocycles. The van der Waals surface area contributed by atoms with E-state index in [1.165, 1.54) is 0 Å². The van der Waals surface area contributed by atoms with E-state index in [2.05, 4.69) is 15.6 Å². The third-order valence-corrected chi connectivity index (χ3v) is 6.20. The molecule has 0 spiro atoms. The fraction of sp³-hybridized carbons (Fsp3) is 0.296. The molecule has 0 saturated carbocycles. The number of carbonyl (C=O) groups is 2. The molecule has 0 radical (unpaired) electrons. The molecular weight excluding hydrogens is 464 g/mol. The van der Waals surface area contributed by atoms with Crippen LogP contribution in [0.3, 0.4) is 0 Å². The van der Waals surface area contributed by atoms with Crippen molar-refractivity contribution in [2.24, 2.45) is 0 Å². The van der Waals surface area contributed by atoms with Gasteiger partial charge in [0.25, 0.3) is 0 Å². The molecule has 7 nitrogen and oxygen atoms in total. The summed E-state index contributed by atoms with van der Waals surface area (Å²) in [5.74, 6) is 0.992. The highest BCUT2D eigenvalue weighted by molar-refractivity contribution is 6.30. The average molecular weight is 493 g/mol. The summed E-state index contributed by atoms with van der Waals surface area (Å²) in [5, 5.41) is 6.97. The molecule has 2 aromatic carbocycles. The number of ether oxygens (including phenoxy) is 1. The minimum atomic E-state index is -0.531. The fourth-order valence-electron chi connectivity index (χ4n) is 4.00. The zero-order valence-electron chi connectivity index (χ0n) is 19.6. The Morgan fingerprint density at radius 3 is 2.60 bits per heavy atom. The zero-order chi connectivity index (χ0) is 24.6. The molecule has 2 N–H and O–H groups in total. The van der Waals surface area contributed by atoms with Crippen molar-refractivity contribution in [3.05, 3.63) is 89.1 Å². The molecule has 1 saturated heterocycles. The summed E-state index contributed by atoms with van der Waals surface area (Å²) >= 11 is 5.97. The van der Waals surface area contributed by atoms with Crippen LogP contribution >= 0.6 is 11.6 Å². The number of anilines is 1. The van der Waals surface area contributed by atoms with Crippen molar-refractivity contribution >= 4 is 29.2 Å². The van der Waals surface area contributed by atoms with Gasteiger partial charge in [-0.1, -0.05) is 54.1 Å². The summed E-state index contributed by atoms with van der Waals surface area (Å²) in [5.41, 5.74) is 2.01. The number of likely N-dealkylation sites (tertiary alicyclic amines) is 1. The van der Waals surface area contributed by atoms with Crippen molar-refractivity contribution in [3.8, 4) is 5.75 Å². The average Bonchev–Trinajstić information content (AvgIpc) is 2.87. The highest BCUT2D eigenvalue weighted by Gasteiger charge is 2.24. The van der Waals surface area contributed by atoms with Crippen LogP contribution in [0.4, 0.5) is 5.82 Å². The summed E-state index contributed by atoms with van der Waals surface area (Å²) in [6.45, 7) is 1.17. The number of benzene rings is 2. The lowest BCUT2D eigenvalue weighted by Gasteiger charge is -2.29. The van der Waals surface area contributed by atoms with E-state index in [-0.39, 0.29) is 17.9 Å². The summed E-state index contributed by atoms with van der Waals surface area (Å²) in [6, 6.07) is 20.3. The van der Waals surface area contributed by atoms with Crippen molar-refractivity contribution in [3.63, 3.8) is 0 Å². The lowest BCUT2D eigenvalue weighted by molar-refractivity contribution is -0.134. The molecule has 4 rings (SSSR count). The SMILES string of the molecule is CN1C[C@H](Oc2ccc(NC(=O)[C@@H](NCCc3ccc(Cl)cc3)c3ccccc3)nc2)CCC1=O. The minimum absolute atomic E-state index is 0.0627. The minimum Gasteiger partial charge on any atom is -0.487 e. The Labute approximate surface area is 210 Å². The number of rotatable bonds is 9. The second-order valence-electron chi connectivity index (χ2n) is 8.60. The fourth-order valence-corrected chi connectivity index (χ4v) is 4.13. The molecule has 0 unspecified atom stereocenters. The molecule has 0 bridgehead atoms. The van der Waals surface area contributed by atoms with Gasteiger partial charge in [-0.3, -0.25) is 9.59 Å². The zero-order valence-corrected chi connectivity index (χ0v) is 20.4. The molecule has 2 amide bonds. The summed E-state index contributed by atoms with van der Waals surface area (Å²) in [4.78, 5) is 30.9.